The molecule has 5 nitrogen and oxygen atoms in total. The van der Waals surface area contributed by atoms with Crippen molar-refractivity contribution in [1.29, 1.82) is 0 Å². The van der Waals surface area contributed by atoms with Gasteiger partial charge in [-0.15, -0.1) is 5.10 Å². The van der Waals surface area contributed by atoms with E-state index in [1.165, 1.54) is 4.68 Å². The maximum Gasteiger partial charge on any atom is 0.156 e. The van der Waals surface area contributed by atoms with Crippen molar-refractivity contribution < 1.29 is 8.78 Å². The van der Waals surface area contributed by atoms with Gasteiger partial charge in [-0.25, -0.2) is 8.78 Å². The molecule has 2 aromatic rings. The molecule has 2 rings (SSSR count). The Hall–Kier alpha value is -2.05. The molecule has 0 spiro atoms. The highest BCUT2D eigenvalue weighted by Gasteiger charge is 2.16. The first kappa shape index (κ1) is 11.4. The average molecular weight is 239 g/mol. The lowest BCUT2D eigenvalue weighted by molar-refractivity contribution is 0.570. The monoisotopic (exact) mass is 239 g/mol. The second-order valence-electron chi connectivity index (χ2n) is 3.58. The van der Waals surface area contributed by atoms with Gasteiger partial charge < -0.3 is 5.73 Å². The molecule has 2 N–H and O–H groups in total. The van der Waals surface area contributed by atoms with Crippen LogP contribution in [0.5, 0.6) is 0 Å². The van der Waals surface area contributed by atoms with Crippen LogP contribution in [-0.2, 0) is 6.42 Å². The number of hydrogen-bond donors (Lipinski definition) is 1. The number of rotatable bonds is 3. The number of anilines is 1. The van der Waals surface area contributed by atoms with E-state index in [0.717, 1.165) is 18.6 Å². The van der Waals surface area contributed by atoms with Gasteiger partial charge >= 0.3 is 0 Å². The molecule has 0 atom stereocenters. The van der Waals surface area contributed by atoms with Crippen molar-refractivity contribution in [2.45, 2.75) is 19.8 Å². The average Bonchev–Trinajstić information content (AvgIpc) is 2.65. The van der Waals surface area contributed by atoms with Gasteiger partial charge in [-0.05, 0) is 22.9 Å². The van der Waals surface area contributed by atoms with Crippen molar-refractivity contribution >= 4 is 5.69 Å². The lowest BCUT2D eigenvalue weighted by Crippen LogP contribution is -2.09. The van der Waals surface area contributed by atoms with Gasteiger partial charge in [0.2, 0.25) is 0 Å². The van der Waals surface area contributed by atoms with Gasteiger partial charge in [0.05, 0.1) is 5.69 Å². The van der Waals surface area contributed by atoms with Crippen LogP contribution in [0.3, 0.4) is 0 Å². The van der Waals surface area contributed by atoms with Crippen LogP contribution in [0.15, 0.2) is 12.1 Å². The highest BCUT2D eigenvalue weighted by molar-refractivity contribution is 5.58. The molecule has 17 heavy (non-hydrogen) atoms. The van der Waals surface area contributed by atoms with Crippen molar-refractivity contribution in [3.63, 3.8) is 0 Å². The Morgan fingerprint density at radius 2 is 2.12 bits per heavy atom. The Morgan fingerprint density at radius 1 is 1.35 bits per heavy atom. The van der Waals surface area contributed by atoms with Gasteiger partial charge in [0, 0.05) is 12.5 Å². The van der Waals surface area contributed by atoms with Crippen LogP contribution >= 0.6 is 0 Å². The number of hydrogen-bond acceptors (Lipinski definition) is 4. The third-order valence-corrected chi connectivity index (χ3v) is 2.28. The summed E-state index contributed by atoms with van der Waals surface area (Å²) in [5, 5.41) is 10.9. The zero-order valence-corrected chi connectivity index (χ0v) is 9.19. The summed E-state index contributed by atoms with van der Waals surface area (Å²) in [5.74, 6) is -1.02. The Bertz CT molecular complexity index is 514. The van der Waals surface area contributed by atoms with E-state index >= 15 is 0 Å². The molecular weight excluding hydrogens is 228 g/mol. The highest BCUT2D eigenvalue weighted by Crippen LogP contribution is 2.22. The van der Waals surface area contributed by atoms with Crippen LogP contribution < -0.4 is 5.73 Å². The first-order valence-electron chi connectivity index (χ1n) is 5.15. The zero-order chi connectivity index (χ0) is 12.4. The van der Waals surface area contributed by atoms with E-state index in [9.17, 15) is 8.78 Å². The summed E-state index contributed by atoms with van der Waals surface area (Å²) in [6.45, 7) is 1.95. The largest absolute Gasteiger partial charge is 0.397 e. The van der Waals surface area contributed by atoms with E-state index < -0.39 is 11.6 Å². The van der Waals surface area contributed by atoms with E-state index in [4.69, 9.17) is 5.73 Å². The van der Waals surface area contributed by atoms with Gasteiger partial charge in [0.15, 0.2) is 11.6 Å². The quantitative estimate of drug-likeness (QED) is 0.823. The van der Waals surface area contributed by atoms with Gasteiger partial charge in [-0.3, -0.25) is 0 Å². The summed E-state index contributed by atoms with van der Waals surface area (Å²) < 4.78 is 27.8. The zero-order valence-electron chi connectivity index (χ0n) is 9.19. The molecular formula is C10H11F2N5. The minimum absolute atomic E-state index is 0.0140. The van der Waals surface area contributed by atoms with Gasteiger partial charge in [-0.2, -0.15) is 4.68 Å². The van der Waals surface area contributed by atoms with Crippen molar-refractivity contribution in [2.75, 3.05) is 5.73 Å². The minimum atomic E-state index is -0.785. The standard InChI is InChI=1S/C10H11F2N5/c1-2-3-9-14-15-16-17(9)10-7(12)4-6(11)5-8(10)13/h4-5H,2-3,13H2,1H3. The second kappa shape index (κ2) is 4.44. The molecule has 0 fully saturated rings. The normalized spacial score (nSPS) is 10.8. The summed E-state index contributed by atoms with van der Waals surface area (Å²) in [6, 6.07) is 1.79. The number of aromatic nitrogens is 4. The van der Waals surface area contributed by atoms with Crippen LogP contribution in [0.1, 0.15) is 19.2 Å². The molecule has 0 bridgehead atoms. The molecule has 7 heteroatoms. The number of benzene rings is 1. The fourth-order valence-corrected chi connectivity index (χ4v) is 1.57. The van der Waals surface area contributed by atoms with Gasteiger partial charge in [0.1, 0.15) is 11.5 Å². The lowest BCUT2D eigenvalue weighted by Gasteiger charge is -2.08. The van der Waals surface area contributed by atoms with E-state index in [1.54, 1.807) is 0 Å². The fourth-order valence-electron chi connectivity index (χ4n) is 1.57. The first-order chi connectivity index (χ1) is 8.13. The number of nitrogen functional groups attached to an aromatic ring is 1. The van der Waals surface area contributed by atoms with E-state index in [1.807, 2.05) is 6.92 Å². The predicted molar refractivity (Wildman–Crippen MR) is 57.5 cm³/mol. The van der Waals surface area contributed by atoms with Crippen molar-refractivity contribution in [2.24, 2.45) is 0 Å². The number of halogens is 2. The molecule has 1 aromatic heterocycles. The van der Waals surface area contributed by atoms with Crippen molar-refractivity contribution in [3.05, 3.63) is 29.6 Å². The topological polar surface area (TPSA) is 69.6 Å². The number of nitrogens with two attached hydrogens (primary N) is 1. The smallest absolute Gasteiger partial charge is 0.156 e. The maximum atomic E-state index is 13.7. The summed E-state index contributed by atoms with van der Waals surface area (Å²) in [6.07, 6.45) is 1.40. The SMILES string of the molecule is CCCc1nnnn1-c1c(N)cc(F)cc1F. The predicted octanol–water partition coefficient (Wildman–Crippen LogP) is 1.48. The van der Waals surface area contributed by atoms with E-state index in [0.29, 0.717) is 12.2 Å². The van der Waals surface area contributed by atoms with E-state index in [-0.39, 0.29) is 11.4 Å². The van der Waals surface area contributed by atoms with Crippen LogP contribution in [0.25, 0.3) is 5.69 Å². The molecule has 90 valence electrons. The summed E-state index contributed by atoms with van der Waals surface area (Å²) in [4.78, 5) is 0. The summed E-state index contributed by atoms with van der Waals surface area (Å²) >= 11 is 0. The fraction of sp³-hybridized carbons (Fsp3) is 0.300. The lowest BCUT2D eigenvalue weighted by atomic mass is 10.2. The molecule has 0 amide bonds. The Labute approximate surface area is 96.2 Å². The van der Waals surface area contributed by atoms with Gasteiger partial charge in [-0.1, -0.05) is 6.92 Å². The van der Waals surface area contributed by atoms with Crippen LogP contribution in [0.2, 0.25) is 0 Å². The summed E-state index contributed by atoms with van der Waals surface area (Å²) in [7, 11) is 0. The molecule has 0 aliphatic carbocycles. The molecule has 1 heterocycles. The van der Waals surface area contributed by atoms with Crippen molar-refractivity contribution in [3.8, 4) is 5.69 Å². The van der Waals surface area contributed by atoms with E-state index in [2.05, 4.69) is 15.5 Å². The maximum absolute atomic E-state index is 13.7. The molecule has 0 aliphatic heterocycles. The first-order valence-corrected chi connectivity index (χ1v) is 5.15. The molecule has 0 saturated heterocycles. The van der Waals surface area contributed by atoms with Crippen LogP contribution in [0.4, 0.5) is 14.5 Å². The Morgan fingerprint density at radius 3 is 2.76 bits per heavy atom. The van der Waals surface area contributed by atoms with Gasteiger partial charge in [0.25, 0.3) is 0 Å². The molecule has 1 aromatic carbocycles. The van der Waals surface area contributed by atoms with Crippen molar-refractivity contribution in [1.82, 2.24) is 20.2 Å². The Kier molecular flexibility index (Phi) is 2.99. The minimum Gasteiger partial charge on any atom is -0.397 e. The number of nitrogens with zero attached hydrogens (tertiary/aromatic N) is 4. The molecule has 0 unspecified atom stereocenters. The summed E-state index contributed by atoms with van der Waals surface area (Å²) in [5.41, 5.74) is 5.53. The second-order valence-corrected chi connectivity index (χ2v) is 3.58. The molecule has 0 saturated carbocycles. The molecule has 0 aliphatic rings. The number of tetrazole rings is 1. The third-order valence-electron chi connectivity index (χ3n) is 2.28. The Balaban J connectivity index is 2.56. The third kappa shape index (κ3) is 2.08. The number of aryl methyl sites for hydroxylation is 1. The molecule has 0 radical (unpaired) electrons. The van der Waals surface area contributed by atoms with Crippen LogP contribution in [-0.4, -0.2) is 20.2 Å². The highest BCUT2D eigenvalue weighted by atomic mass is 19.1. The van der Waals surface area contributed by atoms with Crippen LogP contribution in [0, 0.1) is 11.6 Å².